The highest BCUT2D eigenvalue weighted by Crippen LogP contribution is 2.34. The minimum Gasteiger partial charge on any atom is -0.0885 e. The summed E-state index contributed by atoms with van der Waals surface area (Å²) < 4.78 is 0. The highest BCUT2D eigenvalue weighted by atomic mass is 14.3. The van der Waals surface area contributed by atoms with Crippen molar-refractivity contribution in [1.29, 1.82) is 0 Å². The second-order valence-electron chi connectivity index (χ2n) is 8.33. The lowest BCUT2D eigenvalue weighted by Gasteiger charge is -2.28. The molecule has 0 aromatic rings. The quantitative estimate of drug-likeness (QED) is 0.447. The normalized spacial score (nSPS) is 31.5. The van der Waals surface area contributed by atoms with E-state index in [2.05, 4.69) is 64.2 Å². The third-order valence-electron chi connectivity index (χ3n) is 6.03. The van der Waals surface area contributed by atoms with Gasteiger partial charge in [-0.3, -0.25) is 0 Å². The van der Waals surface area contributed by atoms with Crippen LogP contribution in [0, 0.1) is 17.3 Å². The summed E-state index contributed by atoms with van der Waals surface area (Å²) in [6, 6.07) is 0. The number of rotatable bonds is 2. The van der Waals surface area contributed by atoms with Gasteiger partial charge >= 0.3 is 0 Å². The van der Waals surface area contributed by atoms with Crippen molar-refractivity contribution in [2.75, 3.05) is 0 Å². The van der Waals surface area contributed by atoms with Gasteiger partial charge in [-0.05, 0) is 75.0 Å². The van der Waals surface area contributed by atoms with E-state index in [-0.39, 0.29) is 0 Å². The fourth-order valence-electron chi connectivity index (χ4n) is 3.51. The molecule has 0 N–H and O–H groups in total. The summed E-state index contributed by atoms with van der Waals surface area (Å²) in [6.45, 7) is 9.27. The Morgan fingerprint density at radius 3 is 1.79 bits per heavy atom. The molecule has 0 amide bonds. The van der Waals surface area contributed by atoms with Crippen molar-refractivity contribution >= 4 is 0 Å². The molecule has 0 bridgehead atoms. The first-order valence-corrected chi connectivity index (χ1v) is 10.5. The Labute approximate surface area is 152 Å². The highest BCUT2D eigenvalue weighted by molar-refractivity contribution is 4.95. The molecule has 0 aromatic carbocycles. The lowest BCUT2D eigenvalue weighted by atomic mass is 9.77. The molecule has 24 heavy (non-hydrogen) atoms. The highest BCUT2D eigenvalue weighted by Gasteiger charge is 2.21. The van der Waals surface area contributed by atoms with Gasteiger partial charge in [0.05, 0.1) is 0 Å². The van der Waals surface area contributed by atoms with E-state index in [1.54, 1.807) is 0 Å². The zero-order valence-corrected chi connectivity index (χ0v) is 16.9. The molecule has 0 heteroatoms. The smallest absolute Gasteiger partial charge is 0.0291 e. The molecule has 0 radical (unpaired) electrons. The van der Waals surface area contributed by atoms with Crippen LogP contribution in [0.5, 0.6) is 0 Å². The van der Waals surface area contributed by atoms with E-state index < -0.39 is 0 Å². The van der Waals surface area contributed by atoms with E-state index >= 15 is 0 Å². The van der Waals surface area contributed by atoms with Crippen LogP contribution in [-0.4, -0.2) is 0 Å². The first kappa shape index (κ1) is 21.3. The largest absolute Gasteiger partial charge is 0.0885 e. The number of hydrogen-bond acceptors (Lipinski definition) is 0. The van der Waals surface area contributed by atoms with Gasteiger partial charge in [-0.2, -0.15) is 0 Å². The van der Waals surface area contributed by atoms with Crippen LogP contribution in [0.4, 0.5) is 0 Å². The third kappa shape index (κ3) is 9.50. The first-order chi connectivity index (χ1) is 11.6. The van der Waals surface area contributed by atoms with E-state index in [0.29, 0.717) is 5.41 Å². The molecule has 0 saturated heterocycles. The summed E-state index contributed by atoms with van der Waals surface area (Å²) in [5, 5.41) is 0. The monoisotopic (exact) mass is 330 g/mol. The predicted octanol–water partition coefficient (Wildman–Crippen LogP) is 8.26. The molecule has 0 nitrogen and oxygen atoms in total. The van der Waals surface area contributed by atoms with Crippen LogP contribution in [0.1, 0.15) is 98.3 Å². The molecule has 0 unspecified atom stereocenters. The van der Waals surface area contributed by atoms with Crippen molar-refractivity contribution in [1.82, 2.24) is 0 Å². The summed E-state index contributed by atoms with van der Waals surface area (Å²) in [6.07, 6.45) is 28.6. The predicted molar refractivity (Wildman–Crippen MR) is 110 cm³/mol. The average molecular weight is 331 g/mol. The van der Waals surface area contributed by atoms with Crippen molar-refractivity contribution in [2.45, 2.75) is 98.3 Å². The zero-order valence-electron chi connectivity index (χ0n) is 16.9. The van der Waals surface area contributed by atoms with Gasteiger partial charge in [0.1, 0.15) is 0 Å². The molecular weight excluding hydrogens is 288 g/mol. The second kappa shape index (κ2) is 12.6. The number of hydrogen-bond donors (Lipinski definition) is 0. The first-order valence-electron chi connectivity index (χ1n) is 10.5. The zero-order chi connectivity index (χ0) is 17.7. The van der Waals surface area contributed by atoms with Gasteiger partial charge in [0.15, 0.2) is 0 Å². The minimum absolute atomic E-state index is 0.634. The van der Waals surface area contributed by atoms with Crippen LogP contribution < -0.4 is 0 Å². The van der Waals surface area contributed by atoms with Crippen molar-refractivity contribution in [3.63, 3.8) is 0 Å². The molecule has 3 aliphatic rings. The molecule has 138 valence electrons. The molecule has 0 spiro atoms. The Morgan fingerprint density at radius 1 is 0.833 bits per heavy atom. The van der Waals surface area contributed by atoms with Gasteiger partial charge in [0.2, 0.25) is 0 Å². The minimum atomic E-state index is 0.634. The summed E-state index contributed by atoms with van der Waals surface area (Å²) in [4.78, 5) is 0. The molecule has 0 fully saturated rings. The number of allylic oxidation sites excluding steroid dienone is 6. The maximum absolute atomic E-state index is 2.39. The van der Waals surface area contributed by atoms with Crippen LogP contribution in [-0.2, 0) is 0 Å². The van der Waals surface area contributed by atoms with E-state index in [0.717, 1.165) is 11.8 Å². The summed E-state index contributed by atoms with van der Waals surface area (Å²) in [7, 11) is 0. The molecule has 3 rings (SSSR count). The van der Waals surface area contributed by atoms with Gasteiger partial charge in [-0.25, -0.2) is 0 Å². The molecule has 0 aliphatic heterocycles. The van der Waals surface area contributed by atoms with Crippen molar-refractivity contribution < 1.29 is 0 Å². The Hall–Kier alpha value is -0.780. The van der Waals surface area contributed by atoms with Crippen molar-refractivity contribution in [3.8, 4) is 0 Å². The lowest BCUT2D eigenvalue weighted by Crippen LogP contribution is -2.15. The lowest BCUT2D eigenvalue weighted by molar-refractivity contribution is 0.281. The Balaban J connectivity index is 0.000000181. The van der Waals surface area contributed by atoms with E-state index in [1.165, 1.54) is 70.6 Å². The van der Waals surface area contributed by atoms with Gasteiger partial charge in [-0.15, -0.1) is 0 Å². The Bertz CT molecular complexity index is 387. The summed E-state index contributed by atoms with van der Waals surface area (Å²) in [5.41, 5.74) is 0.634. The topological polar surface area (TPSA) is 0 Å². The maximum atomic E-state index is 2.39. The standard InChI is InChI=1S/C9H16.C8H14.C7H12/c1-3-9(2)7-5-4-6-8-9;1-2-8-6-4-3-5-7-8;1-7-5-3-2-4-6-7/h4-5H,3,6-8H2,1-2H3;3-4,8H,2,5-7H2,1H3;2-3,7H,4-6H2,1H3/t9-;8-;7-/m110/s1. The van der Waals surface area contributed by atoms with Crippen molar-refractivity contribution in [3.05, 3.63) is 36.5 Å². The summed E-state index contributed by atoms with van der Waals surface area (Å²) in [5.74, 6) is 1.95. The van der Waals surface area contributed by atoms with E-state index in [9.17, 15) is 0 Å². The van der Waals surface area contributed by atoms with Gasteiger partial charge in [-0.1, -0.05) is 77.0 Å². The van der Waals surface area contributed by atoms with Crippen LogP contribution in [0.3, 0.4) is 0 Å². The van der Waals surface area contributed by atoms with E-state index in [4.69, 9.17) is 0 Å². The second-order valence-corrected chi connectivity index (χ2v) is 8.33. The SMILES string of the molecule is CC[C@@H]1CC=CCC1.CC[C@]1(C)CC=CCC1.C[C@H]1CC=CCC1. The molecule has 0 saturated carbocycles. The molecule has 0 aromatic heterocycles. The molecular formula is C24H42. The fourth-order valence-corrected chi connectivity index (χ4v) is 3.51. The maximum Gasteiger partial charge on any atom is -0.0291 e. The van der Waals surface area contributed by atoms with Gasteiger partial charge in [0, 0.05) is 0 Å². The van der Waals surface area contributed by atoms with Crippen LogP contribution in [0.25, 0.3) is 0 Å². The van der Waals surface area contributed by atoms with E-state index in [1.807, 2.05) is 0 Å². The molecule has 3 aliphatic carbocycles. The van der Waals surface area contributed by atoms with Crippen molar-refractivity contribution in [2.24, 2.45) is 17.3 Å². The Kier molecular flexibility index (Phi) is 11.1. The van der Waals surface area contributed by atoms with Crippen LogP contribution in [0.15, 0.2) is 36.5 Å². The van der Waals surface area contributed by atoms with Gasteiger partial charge < -0.3 is 0 Å². The van der Waals surface area contributed by atoms with Crippen LogP contribution in [0.2, 0.25) is 0 Å². The Morgan fingerprint density at radius 2 is 1.50 bits per heavy atom. The third-order valence-corrected chi connectivity index (χ3v) is 6.03. The molecule has 0 heterocycles. The fraction of sp³-hybridized carbons (Fsp3) is 0.750. The van der Waals surface area contributed by atoms with Gasteiger partial charge in [0.25, 0.3) is 0 Å². The van der Waals surface area contributed by atoms with Crippen LogP contribution >= 0.6 is 0 Å². The average Bonchev–Trinajstić information content (AvgIpc) is 2.65. The molecule has 3 atom stereocenters. The summed E-state index contributed by atoms with van der Waals surface area (Å²) >= 11 is 0.